The van der Waals surface area contributed by atoms with Crippen LogP contribution in [0.4, 0.5) is 0 Å². The Kier molecular flexibility index (Phi) is 4.43. The van der Waals surface area contributed by atoms with Crippen molar-refractivity contribution in [3.63, 3.8) is 0 Å². The highest BCUT2D eigenvalue weighted by Crippen LogP contribution is 2.21. The van der Waals surface area contributed by atoms with Gasteiger partial charge in [0.05, 0.1) is 6.54 Å². The van der Waals surface area contributed by atoms with Gasteiger partial charge in [-0.05, 0) is 36.6 Å². The molecule has 0 aliphatic rings. The molecular weight excluding hydrogens is 222 g/mol. The van der Waals surface area contributed by atoms with Gasteiger partial charge in [-0.1, -0.05) is 33.3 Å². The molecule has 0 unspecified atom stereocenters. The van der Waals surface area contributed by atoms with Crippen molar-refractivity contribution in [3.8, 4) is 0 Å². The van der Waals surface area contributed by atoms with Crippen LogP contribution in [0.5, 0.6) is 0 Å². The maximum atomic E-state index is 5.82. The second kappa shape index (κ2) is 6.05. The van der Waals surface area contributed by atoms with E-state index in [1.165, 1.54) is 23.8 Å². The zero-order valence-electron chi connectivity index (χ0n) is 11.6. The third-order valence-corrected chi connectivity index (χ3v) is 3.14. The first-order valence-electron chi connectivity index (χ1n) is 6.93. The number of benzene rings is 1. The molecule has 0 bridgehead atoms. The summed E-state index contributed by atoms with van der Waals surface area (Å²) in [6, 6.07) is 9.17. The smallest absolute Gasteiger partial charge is 0.134 e. The monoisotopic (exact) mass is 245 g/mol. The maximum absolute atomic E-state index is 5.82. The zero-order chi connectivity index (χ0) is 13.0. The molecule has 98 valence electrons. The Morgan fingerprint density at radius 1 is 1.22 bits per heavy atom. The molecule has 1 N–H and O–H groups in total. The second-order valence-corrected chi connectivity index (χ2v) is 5.22. The Bertz CT molecular complexity index is 499. The van der Waals surface area contributed by atoms with Gasteiger partial charge >= 0.3 is 0 Å². The number of hydrogen-bond donors (Lipinski definition) is 1. The van der Waals surface area contributed by atoms with Gasteiger partial charge in [-0.25, -0.2) is 0 Å². The van der Waals surface area contributed by atoms with Gasteiger partial charge in [0.15, 0.2) is 0 Å². The van der Waals surface area contributed by atoms with Gasteiger partial charge in [0.2, 0.25) is 0 Å². The molecule has 0 radical (unpaired) electrons. The first-order valence-corrected chi connectivity index (χ1v) is 6.93. The fourth-order valence-electron chi connectivity index (χ4n) is 2.08. The van der Waals surface area contributed by atoms with E-state index in [2.05, 4.69) is 50.4 Å². The van der Waals surface area contributed by atoms with Crippen molar-refractivity contribution in [2.45, 2.75) is 52.6 Å². The summed E-state index contributed by atoms with van der Waals surface area (Å²) < 4.78 is 5.82. The van der Waals surface area contributed by atoms with E-state index in [-0.39, 0.29) is 0 Å². The van der Waals surface area contributed by atoms with Crippen LogP contribution >= 0.6 is 0 Å². The van der Waals surface area contributed by atoms with E-state index >= 15 is 0 Å². The Hall–Kier alpha value is -1.28. The number of nitrogens with one attached hydrogen (secondary N) is 1. The highest BCUT2D eigenvalue weighted by molar-refractivity contribution is 5.78. The molecule has 0 aliphatic heterocycles. The average molecular weight is 245 g/mol. The SMILES string of the molecule is CCCCc1ccc2oc(CNC(C)C)cc2c1. The molecule has 2 aromatic rings. The van der Waals surface area contributed by atoms with E-state index in [1.54, 1.807) is 0 Å². The molecule has 1 aromatic heterocycles. The predicted molar refractivity (Wildman–Crippen MR) is 76.8 cm³/mol. The molecular formula is C16H23NO. The number of furan rings is 1. The van der Waals surface area contributed by atoms with Crippen LogP contribution in [-0.4, -0.2) is 6.04 Å². The third kappa shape index (κ3) is 3.36. The predicted octanol–water partition coefficient (Wildman–Crippen LogP) is 4.27. The highest BCUT2D eigenvalue weighted by atomic mass is 16.3. The second-order valence-electron chi connectivity index (χ2n) is 5.22. The summed E-state index contributed by atoms with van der Waals surface area (Å²) >= 11 is 0. The van der Waals surface area contributed by atoms with Gasteiger partial charge in [-0.2, -0.15) is 0 Å². The lowest BCUT2D eigenvalue weighted by Crippen LogP contribution is -2.21. The molecule has 0 saturated carbocycles. The van der Waals surface area contributed by atoms with Crippen LogP contribution in [0.3, 0.4) is 0 Å². The Balaban J connectivity index is 2.12. The molecule has 0 amide bonds. The van der Waals surface area contributed by atoms with Crippen molar-refractivity contribution in [2.24, 2.45) is 0 Å². The number of hydrogen-bond acceptors (Lipinski definition) is 2. The standard InChI is InChI=1S/C16H23NO/c1-4-5-6-13-7-8-16-14(9-13)10-15(18-16)11-17-12(2)3/h7-10,12,17H,4-6,11H2,1-3H3. The van der Waals surface area contributed by atoms with Crippen molar-refractivity contribution in [2.75, 3.05) is 0 Å². The number of fused-ring (bicyclic) bond motifs is 1. The van der Waals surface area contributed by atoms with Gasteiger partial charge in [-0.3, -0.25) is 0 Å². The molecule has 0 spiro atoms. The van der Waals surface area contributed by atoms with Gasteiger partial charge < -0.3 is 9.73 Å². The van der Waals surface area contributed by atoms with Crippen LogP contribution in [0.25, 0.3) is 11.0 Å². The minimum absolute atomic E-state index is 0.485. The van der Waals surface area contributed by atoms with Crippen molar-refractivity contribution in [1.29, 1.82) is 0 Å². The molecule has 0 atom stereocenters. The summed E-state index contributed by atoms with van der Waals surface area (Å²) in [7, 11) is 0. The van der Waals surface area contributed by atoms with E-state index in [1.807, 2.05) is 0 Å². The Morgan fingerprint density at radius 3 is 2.78 bits per heavy atom. The fourth-order valence-corrected chi connectivity index (χ4v) is 2.08. The minimum atomic E-state index is 0.485. The van der Waals surface area contributed by atoms with E-state index in [4.69, 9.17) is 4.42 Å². The van der Waals surface area contributed by atoms with Crippen molar-refractivity contribution in [3.05, 3.63) is 35.6 Å². The van der Waals surface area contributed by atoms with Crippen molar-refractivity contribution in [1.82, 2.24) is 5.32 Å². The number of rotatable bonds is 6. The topological polar surface area (TPSA) is 25.2 Å². The van der Waals surface area contributed by atoms with Gasteiger partial charge in [0.1, 0.15) is 11.3 Å². The summed E-state index contributed by atoms with van der Waals surface area (Å²) in [5.41, 5.74) is 2.41. The summed E-state index contributed by atoms with van der Waals surface area (Å²) in [4.78, 5) is 0. The normalized spacial score (nSPS) is 11.6. The summed E-state index contributed by atoms with van der Waals surface area (Å²) in [5, 5.41) is 4.60. The minimum Gasteiger partial charge on any atom is -0.460 e. The molecule has 0 fully saturated rings. The van der Waals surface area contributed by atoms with Gasteiger partial charge in [0.25, 0.3) is 0 Å². The largest absolute Gasteiger partial charge is 0.460 e. The van der Waals surface area contributed by atoms with Crippen LogP contribution in [0.1, 0.15) is 44.9 Å². The van der Waals surface area contributed by atoms with E-state index < -0.39 is 0 Å². The molecule has 0 saturated heterocycles. The van der Waals surface area contributed by atoms with Gasteiger partial charge in [-0.15, -0.1) is 0 Å². The first-order chi connectivity index (χ1) is 8.69. The van der Waals surface area contributed by atoms with E-state index in [0.717, 1.165) is 24.3 Å². The van der Waals surface area contributed by atoms with Crippen LogP contribution in [0.15, 0.2) is 28.7 Å². The van der Waals surface area contributed by atoms with Crippen molar-refractivity contribution >= 4 is 11.0 Å². The molecule has 18 heavy (non-hydrogen) atoms. The highest BCUT2D eigenvalue weighted by Gasteiger charge is 2.05. The number of unbranched alkanes of at least 4 members (excludes halogenated alkanes) is 1. The lowest BCUT2D eigenvalue weighted by Gasteiger charge is -2.04. The molecule has 2 heteroatoms. The third-order valence-electron chi connectivity index (χ3n) is 3.14. The van der Waals surface area contributed by atoms with Crippen LogP contribution < -0.4 is 5.32 Å². The fraction of sp³-hybridized carbons (Fsp3) is 0.500. The quantitative estimate of drug-likeness (QED) is 0.822. The Morgan fingerprint density at radius 2 is 2.06 bits per heavy atom. The molecule has 1 heterocycles. The molecule has 0 aliphatic carbocycles. The molecule has 1 aromatic carbocycles. The summed E-state index contributed by atoms with van der Waals surface area (Å²) in [6.45, 7) is 7.32. The lowest BCUT2D eigenvalue weighted by molar-refractivity contribution is 0.488. The lowest BCUT2D eigenvalue weighted by atomic mass is 10.1. The molecule has 2 nitrogen and oxygen atoms in total. The van der Waals surface area contributed by atoms with Crippen LogP contribution in [0.2, 0.25) is 0 Å². The van der Waals surface area contributed by atoms with Crippen molar-refractivity contribution < 1.29 is 4.42 Å². The molecule has 2 rings (SSSR count). The van der Waals surface area contributed by atoms with Crippen LogP contribution in [0, 0.1) is 0 Å². The average Bonchev–Trinajstić information content (AvgIpc) is 2.75. The van der Waals surface area contributed by atoms with E-state index in [9.17, 15) is 0 Å². The van der Waals surface area contributed by atoms with Gasteiger partial charge in [0, 0.05) is 11.4 Å². The number of aryl methyl sites for hydroxylation is 1. The summed E-state index contributed by atoms with van der Waals surface area (Å²) in [5.74, 6) is 1.02. The Labute approximate surface area is 109 Å². The zero-order valence-corrected chi connectivity index (χ0v) is 11.6. The summed E-state index contributed by atoms with van der Waals surface area (Å²) in [6.07, 6.45) is 3.66. The van der Waals surface area contributed by atoms with Crippen LogP contribution in [-0.2, 0) is 13.0 Å². The maximum Gasteiger partial charge on any atom is 0.134 e. The van der Waals surface area contributed by atoms with E-state index in [0.29, 0.717) is 6.04 Å². The first kappa shape index (κ1) is 13.2.